The summed E-state index contributed by atoms with van der Waals surface area (Å²) in [7, 11) is 0. The van der Waals surface area contributed by atoms with Crippen molar-refractivity contribution in [3.63, 3.8) is 0 Å². The summed E-state index contributed by atoms with van der Waals surface area (Å²) in [6.07, 6.45) is 6.41. The van der Waals surface area contributed by atoms with E-state index in [-0.39, 0.29) is 0 Å². The number of pyridine rings is 1. The Bertz CT molecular complexity index is 762. The van der Waals surface area contributed by atoms with Crippen LogP contribution in [-0.4, -0.2) is 31.0 Å². The first-order valence-electron chi connectivity index (χ1n) is 7.26. The van der Waals surface area contributed by atoms with Crippen LogP contribution in [0.2, 0.25) is 0 Å². The zero-order valence-electron chi connectivity index (χ0n) is 11.9. The second kappa shape index (κ2) is 5.20. The lowest BCUT2D eigenvalue weighted by molar-refractivity contribution is 0.240. The van der Waals surface area contributed by atoms with Gasteiger partial charge in [0.1, 0.15) is 0 Å². The Kier molecular flexibility index (Phi) is 3.20. The topological polar surface area (TPSA) is 46.3 Å². The van der Waals surface area contributed by atoms with Crippen molar-refractivity contribution in [3.05, 3.63) is 46.3 Å². The SMILES string of the molecule is Cc1ncc(CN2CCCC2c2nnc3ccccn23)s1. The highest BCUT2D eigenvalue weighted by Crippen LogP contribution is 2.33. The molecule has 1 unspecified atom stereocenters. The summed E-state index contributed by atoms with van der Waals surface area (Å²) >= 11 is 1.78. The number of rotatable bonds is 3. The van der Waals surface area contributed by atoms with Gasteiger partial charge in [0.2, 0.25) is 0 Å². The smallest absolute Gasteiger partial charge is 0.160 e. The number of thiazole rings is 1. The highest BCUT2D eigenvalue weighted by Gasteiger charge is 2.30. The Morgan fingerprint density at radius 3 is 3.14 bits per heavy atom. The van der Waals surface area contributed by atoms with Crippen molar-refractivity contribution in [3.8, 4) is 0 Å². The first kappa shape index (κ1) is 12.9. The van der Waals surface area contributed by atoms with E-state index < -0.39 is 0 Å². The molecule has 6 heteroatoms. The number of aryl methyl sites for hydroxylation is 1. The fraction of sp³-hybridized carbons (Fsp3) is 0.400. The molecule has 1 saturated heterocycles. The van der Waals surface area contributed by atoms with Gasteiger partial charge in [-0.2, -0.15) is 0 Å². The predicted molar refractivity (Wildman–Crippen MR) is 82.2 cm³/mol. The molecular formula is C15H17N5S. The molecule has 1 atom stereocenters. The van der Waals surface area contributed by atoms with Gasteiger partial charge in [-0.05, 0) is 38.4 Å². The lowest BCUT2D eigenvalue weighted by atomic mass is 10.2. The molecule has 4 rings (SSSR count). The number of hydrogen-bond acceptors (Lipinski definition) is 5. The van der Waals surface area contributed by atoms with E-state index in [0.29, 0.717) is 6.04 Å². The van der Waals surface area contributed by atoms with E-state index in [0.717, 1.165) is 36.0 Å². The number of fused-ring (bicyclic) bond motifs is 1. The van der Waals surface area contributed by atoms with Gasteiger partial charge in [0.25, 0.3) is 0 Å². The van der Waals surface area contributed by atoms with Crippen LogP contribution < -0.4 is 0 Å². The van der Waals surface area contributed by atoms with E-state index in [4.69, 9.17) is 0 Å². The van der Waals surface area contributed by atoms with Crippen molar-refractivity contribution < 1.29 is 0 Å². The van der Waals surface area contributed by atoms with Gasteiger partial charge in [0, 0.05) is 23.8 Å². The molecule has 1 aliphatic heterocycles. The van der Waals surface area contributed by atoms with Crippen LogP contribution in [0.15, 0.2) is 30.6 Å². The van der Waals surface area contributed by atoms with Gasteiger partial charge >= 0.3 is 0 Å². The lowest BCUT2D eigenvalue weighted by Crippen LogP contribution is -2.23. The fourth-order valence-corrected chi connectivity index (χ4v) is 3.89. The van der Waals surface area contributed by atoms with E-state index >= 15 is 0 Å². The summed E-state index contributed by atoms with van der Waals surface area (Å²) in [6, 6.07) is 6.39. The third kappa shape index (κ3) is 2.34. The van der Waals surface area contributed by atoms with Crippen LogP contribution in [0.3, 0.4) is 0 Å². The van der Waals surface area contributed by atoms with Gasteiger partial charge < -0.3 is 0 Å². The molecule has 0 radical (unpaired) electrons. The minimum absolute atomic E-state index is 0.352. The molecule has 1 fully saturated rings. The molecule has 0 saturated carbocycles. The maximum absolute atomic E-state index is 4.43. The van der Waals surface area contributed by atoms with Crippen LogP contribution in [0.5, 0.6) is 0 Å². The molecule has 3 aromatic heterocycles. The second-order valence-corrected chi connectivity index (χ2v) is 6.78. The minimum Gasteiger partial charge on any atom is -0.288 e. The maximum Gasteiger partial charge on any atom is 0.160 e. The molecule has 0 aliphatic carbocycles. The third-order valence-electron chi connectivity index (χ3n) is 4.03. The fourth-order valence-electron chi connectivity index (χ4n) is 3.07. The molecule has 3 aromatic rings. The predicted octanol–water partition coefficient (Wildman–Crippen LogP) is 2.83. The monoisotopic (exact) mass is 299 g/mol. The third-order valence-corrected chi connectivity index (χ3v) is 4.93. The second-order valence-electron chi connectivity index (χ2n) is 5.46. The molecule has 0 bridgehead atoms. The average Bonchev–Trinajstić information content (AvgIpc) is 3.19. The quantitative estimate of drug-likeness (QED) is 0.746. The molecule has 5 nitrogen and oxygen atoms in total. The highest BCUT2D eigenvalue weighted by atomic mass is 32.1. The van der Waals surface area contributed by atoms with Crippen LogP contribution >= 0.6 is 11.3 Å². The molecule has 0 spiro atoms. The normalized spacial score (nSPS) is 19.6. The lowest BCUT2D eigenvalue weighted by Gasteiger charge is -2.22. The van der Waals surface area contributed by atoms with E-state index in [1.54, 1.807) is 11.3 Å². The minimum atomic E-state index is 0.352. The number of likely N-dealkylation sites (tertiary alicyclic amines) is 1. The van der Waals surface area contributed by atoms with Crippen molar-refractivity contribution in [2.75, 3.05) is 6.54 Å². The zero-order valence-corrected chi connectivity index (χ0v) is 12.8. The Balaban J connectivity index is 1.64. The highest BCUT2D eigenvalue weighted by molar-refractivity contribution is 7.11. The summed E-state index contributed by atoms with van der Waals surface area (Å²) in [5.74, 6) is 1.06. The van der Waals surface area contributed by atoms with E-state index in [1.807, 2.05) is 24.4 Å². The molecule has 4 heterocycles. The Labute approximate surface area is 127 Å². The van der Waals surface area contributed by atoms with Crippen LogP contribution in [0.4, 0.5) is 0 Å². The van der Waals surface area contributed by atoms with Crippen molar-refractivity contribution in [2.24, 2.45) is 0 Å². The van der Waals surface area contributed by atoms with Gasteiger partial charge in [-0.25, -0.2) is 4.98 Å². The standard InChI is InChI=1S/C15H17N5S/c1-11-16-9-12(21-11)10-19-7-4-5-13(19)15-18-17-14-6-2-3-8-20(14)15/h2-3,6,8-9,13H,4-5,7,10H2,1H3. The number of nitrogens with zero attached hydrogens (tertiary/aromatic N) is 5. The van der Waals surface area contributed by atoms with Crippen molar-refractivity contribution in [1.82, 2.24) is 24.5 Å². The Morgan fingerprint density at radius 1 is 1.33 bits per heavy atom. The van der Waals surface area contributed by atoms with E-state index in [9.17, 15) is 0 Å². The molecule has 108 valence electrons. The summed E-state index contributed by atoms with van der Waals surface area (Å²) in [4.78, 5) is 8.18. The molecule has 0 N–H and O–H groups in total. The van der Waals surface area contributed by atoms with Crippen molar-refractivity contribution in [1.29, 1.82) is 0 Å². The summed E-state index contributed by atoms with van der Waals surface area (Å²) in [5.41, 5.74) is 0.924. The van der Waals surface area contributed by atoms with Crippen LogP contribution in [0, 0.1) is 6.92 Å². The summed E-state index contributed by atoms with van der Waals surface area (Å²) < 4.78 is 2.11. The number of hydrogen-bond donors (Lipinski definition) is 0. The van der Waals surface area contributed by atoms with Crippen molar-refractivity contribution in [2.45, 2.75) is 32.4 Å². The van der Waals surface area contributed by atoms with Crippen LogP contribution in [-0.2, 0) is 6.54 Å². The molecule has 1 aliphatic rings. The van der Waals surface area contributed by atoms with Crippen molar-refractivity contribution >= 4 is 17.0 Å². The van der Waals surface area contributed by atoms with Gasteiger partial charge in [-0.15, -0.1) is 21.5 Å². The van der Waals surface area contributed by atoms with Crippen LogP contribution in [0.1, 0.15) is 34.6 Å². The largest absolute Gasteiger partial charge is 0.288 e. The van der Waals surface area contributed by atoms with Gasteiger partial charge in [0.15, 0.2) is 11.5 Å². The van der Waals surface area contributed by atoms with E-state index in [2.05, 4.69) is 37.6 Å². The molecular weight excluding hydrogens is 282 g/mol. The first-order valence-corrected chi connectivity index (χ1v) is 8.08. The number of aromatic nitrogens is 4. The van der Waals surface area contributed by atoms with Gasteiger partial charge in [-0.1, -0.05) is 6.07 Å². The van der Waals surface area contributed by atoms with Gasteiger partial charge in [0.05, 0.1) is 11.0 Å². The first-order chi connectivity index (χ1) is 10.3. The Morgan fingerprint density at radius 2 is 2.29 bits per heavy atom. The van der Waals surface area contributed by atoms with E-state index in [1.165, 1.54) is 11.3 Å². The summed E-state index contributed by atoms with van der Waals surface area (Å²) in [6.45, 7) is 4.13. The molecule has 0 amide bonds. The zero-order chi connectivity index (χ0) is 14.2. The van der Waals surface area contributed by atoms with Gasteiger partial charge in [-0.3, -0.25) is 9.30 Å². The molecule has 0 aromatic carbocycles. The Hall–Kier alpha value is -1.79. The molecule has 21 heavy (non-hydrogen) atoms. The maximum atomic E-state index is 4.43. The average molecular weight is 299 g/mol. The van der Waals surface area contributed by atoms with Crippen LogP contribution in [0.25, 0.3) is 5.65 Å². The summed E-state index contributed by atoms with van der Waals surface area (Å²) in [5, 5.41) is 9.85.